The molecule has 0 bridgehead atoms. The lowest BCUT2D eigenvalue weighted by Gasteiger charge is -2.12. The third kappa shape index (κ3) is 4.92. The maximum absolute atomic E-state index is 12.4. The summed E-state index contributed by atoms with van der Waals surface area (Å²) in [7, 11) is 0. The normalized spacial score (nSPS) is 12.8. The molecule has 2 N–H and O–H groups in total. The van der Waals surface area contributed by atoms with Crippen molar-refractivity contribution in [3.63, 3.8) is 0 Å². The number of hydroxylamine groups is 1. The van der Waals surface area contributed by atoms with Crippen LogP contribution in [0.15, 0.2) is 79.6 Å². The third-order valence-electron chi connectivity index (χ3n) is 4.95. The van der Waals surface area contributed by atoms with Crippen molar-refractivity contribution in [3.05, 3.63) is 91.9 Å². The van der Waals surface area contributed by atoms with Gasteiger partial charge in [0.15, 0.2) is 5.84 Å². The second kappa shape index (κ2) is 9.67. The van der Waals surface area contributed by atoms with Gasteiger partial charge in [0.25, 0.3) is 0 Å². The molecule has 0 fully saturated rings. The fraction of sp³-hybridized carbons (Fsp3) is 0.125. The number of fused-ring (bicyclic) bond motifs is 1. The number of nitrogens with zero attached hydrogens (tertiary/aromatic N) is 2. The predicted octanol–water partition coefficient (Wildman–Crippen LogP) is 6.46. The maximum Gasteiger partial charge on any atom is 0.435 e. The van der Waals surface area contributed by atoms with E-state index in [0.717, 1.165) is 48.3 Å². The fourth-order valence-electron chi connectivity index (χ4n) is 3.40. The first kappa shape index (κ1) is 22.2. The molecule has 162 valence electrons. The van der Waals surface area contributed by atoms with Gasteiger partial charge in [0.1, 0.15) is 6.54 Å². The SMILES string of the molecule is Cc1cccc(C)c1NC(=O)ONC1=Nc2ccc(Br)cc2C(c2ccccc2Br)=NC1. The minimum Gasteiger partial charge on any atom is -0.323 e. The van der Waals surface area contributed by atoms with E-state index in [2.05, 4.69) is 47.6 Å². The molecule has 8 heteroatoms. The zero-order chi connectivity index (χ0) is 22.7. The summed E-state index contributed by atoms with van der Waals surface area (Å²) in [6.45, 7) is 4.08. The Labute approximate surface area is 203 Å². The molecule has 1 amide bonds. The molecule has 0 saturated heterocycles. The lowest BCUT2D eigenvalue weighted by molar-refractivity contribution is 0.134. The van der Waals surface area contributed by atoms with Crippen LogP contribution in [0.4, 0.5) is 16.2 Å². The fourth-order valence-corrected chi connectivity index (χ4v) is 4.23. The third-order valence-corrected chi connectivity index (χ3v) is 6.14. The van der Waals surface area contributed by atoms with Gasteiger partial charge in [0.05, 0.1) is 11.4 Å². The van der Waals surface area contributed by atoms with Crippen molar-refractivity contribution >= 4 is 60.9 Å². The predicted molar refractivity (Wildman–Crippen MR) is 135 cm³/mol. The number of carbonyl (C=O) groups excluding carboxylic acids is 1. The second-order valence-corrected chi connectivity index (χ2v) is 9.02. The largest absolute Gasteiger partial charge is 0.435 e. The summed E-state index contributed by atoms with van der Waals surface area (Å²) in [6, 6.07) is 19.5. The van der Waals surface area contributed by atoms with Gasteiger partial charge < -0.3 is 4.84 Å². The molecule has 0 atom stereocenters. The molecule has 0 saturated carbocycles. The van der Waals surface area contributed by atoms with Crippen LogP contribution in [0.2, 0.25) is 0 Å². The van der Waals surface area contributed by atoms with Gasteiger partial charge in [-0.15, -0.1) is 0 Å². The number of amides is 1. The van der Waals surface area contributed by atoms with Gasteiger partial charge in [0.2, 0.25) is 0 Å². The lowest BCUT2D eigenvalue weighted by atomic mass is 10.0. The van der Waals surface area contributed by atoms with Gasteiger partial charge >= 0.3 is 6.09 Å². The number of nitrogens with one attached hydrogen (secondary N) is 2. The van der Waals surface area contributed by atoms with Crippen molar-refractivity contribution in [3.8, 4) is 0 Å². The molecule has 6 nitrogen and oxygen atoms in total. The number of hydrogen-bond donors (Lipinski definition) is 2. The number of aliphatic imine (C=N–C) groups is 2. The highest BCUT2D eigenvalue weighted by atomic mass is 79.9. The van der Waals surface area contributed by atoms with E-state index in [4.69, 9.17) is 9.83 Å². The van der Waals surface area contributed by atoms with Crippen LogP contribution in [0.3, 0.4) is 0 Å². The van der Waals surface area contributed by atoms with Crippen LogP contribution in [0, 0.1) is 13.8 Å². The zero-order valence-corrected chi connectivity index (χ0v) is 20.6. The highest BCUT2D eigenvalue weighted by molar-refractivity contribution is 9.10. The Morgan fingerprint density at radius 1 is 0.969 bits per heavy atom. The van der Waals surface area contributed by atoms with Crippen molar-refractivity contribution in [1.29, 1.82) is 0 Å². The summed E-state index contributed by atoms with van der Waals surface area (Å²) in [5, 5.41) is 2.78. The van der Waals surface area contributed by atoms with Crippen LogP contribution in [0.1, 0.15) is 22.3 Å². The van der Waals surface area contributed by atoms with E-state index in [9.17, 15) is 4.79 Å². The Morgan fingerprint density at radius 2 is 1.72 bits per heavy atom. The number of aryl methyl sites for hydroxylation is 2. The number of hydrogen-bond acceptors (Lipinski definition) is 5. The number of carbonyl (C=O) groups is 1. The standard InChI is InChI=1S/C24H20Br2N4O2/c1-14-6-5-7-15(2)22(14)29-24(31)32-30-21-13-27-23(17-8-3-4-9-19(17)26)18-12-16(25)10-11-20(18)28-21/h3-12H,13H2,1-2H3,(H,28,30)(H,29,31). The molecule has 3 aromatic rings. The van der Waals surface area contributed by atoms with Crippen LogP contribution >= 0.6 is 31.9 Å². The molecular formula is C24H20Br2N4O2. The molecule has 1 heterocycles. The summed E-state index contributed by atoms with van der Waals surface area (Å²) in [4.78, 5) is 27.0. The number of halogens is 2. The smallest absolute Gasteiger partial charge is 0.323 e. The molecule has 0 radical (unpaired) electrons. The van der Waals surface area contributed by atoms with Crippen molar-refractivity contribution in [2.75, 3.05) is 11.9 Å². The van der Waals surface area contributed by atoms with Crippen LogP contribution in [-0.4, -0.2) is 24.2 Å². The van der Waals surface area contributed by atoms with E-state index in [1.807, 2.05) is 74.5 Å². The lowest BCUT2D eigenvalue weighted by Crippen LogP contribution is -2.31. The summed E-state index contributed by atoms with van der Waals surface area (Å²) >= 11 is 7.15. The summed E-state index contributed by atoms with van der Waals surface area (Å²) in [5.74, 6) is 0.423. The Kier molecular flexibility index (Phi) is 6.72. The van der Waals surface area contributed by atoms with Gasteiger partial charge in [-0.05, 0) is 49.2 Å². The highest BCUT2D eigenvalue weighted by Crippen LogP contribution is 2.30. The van der Waals surface area contributed by atoms with E-state index < -0.39 is 6.09 Å². The Bertz CT molecular complexity index is 1230. The van der Waals surface area contributed by atoms with Gasteiger partial charge in [-0.25, -0.2) is 15.3 Å². The van der Waals surface area contributed by atoms with Crippen LogP contribution in [0.5, 0.6) is 0 Å². The molecule has 32 heavy (non-hydrogen) atoms. The van der Waals surface area contributed by atoms with E-state index >= 15 is 0 Å². The number of para-hydroxylation sites is 1. The zero-order valence-electron chi connectivity index (χ0n) is 17.4. The molecule has 0 aromatic heterocycles. The maximum atomic E-state index is 12.4. The highest BCUT2D eigenvalue weighted by Gasteiger charge is 2.19. The van der Waals surface area contributed by atoms with Crippen LogP contribution in [0.25, 0.3) is 0 Å². The minimum atomic E-state index is -0.625. The van der Waals surface area contributed by atoms with Crippen molar-refractivity contribution in [2.24, 2.45) is 9.98 Å². The quantitative estimate of drug-likeness (QED) is 0.356. The number of rotatable bonds is 2. The average molecular weight is 556 g/mol. The van der Waals surface area contributed by atoms with Crippen molar-refractivity contribution in [1.82, 2.24) is 5.48 Å². The minimum absolute atomic E-state index is 0.222. The first-order valence-electron chi connectivity index (χ1n) is 9.89. The van der Waals surface area contributed by atoms with Gasteiger partial charge in [-0.3, -0.25) is 10.3 Å². The molecule has 1 aliphatic rings. The Balaban J connectivity index is 1.57. The summed E-state index contributed by atoms with van der Waals surface area (Å²) in [6.07, 6.45) is -0.625. The Morgan fingerprint density at radius 3 is 2.47 bits per heavy atom. The molecular weight excluding hydrogens is 536 g/mol. The first-order valence-corrected chi connectivity index (χ1v) is 11.5. The molecule has 1 aliphatic heterocycles. The Hall–Kier alpha value is -2.97. The summed E-state index contributed by atoms with van der Waals surface area (Å²) < 4.78 is 1.86. The summed E-state index contributed by atoms with van der Waals surface area (Å²) in [5.41, 5.74) is 8.66. The second-order valence-electron chi connectivity index (χ2n) is 7.25. The molecule has 0 spiro atoms. The van der Waals surface area contributed by atoms with Crippen molar-refractivity contribution < 1.29 is 9.63 Å². The number of amidine groups is 1. The first-order chi connectivity index (χ1) is 15.4. The van der Waals surface area contributed by atoms with Crippen molar-refractivity contribution in [2.45, 2.75) is 13.8 Å². The van der Waals surface area contributed by atoms with E-state index in [1.165, 1.54) is 0 Å². The van der Waals surface area contributed by atoms with Gasteiger partial charge in [-0.2, -0.15) is 0 Å². The number of benzene rings is 3. The molecule has 0 unspecified atom stereocenters. The van der Waals surface area contributed by atoms with E-state index in [-0.39, 0.29) is 6.54 Å². The van der Waals surface area contributed by atoms with Crippen LogP contribution < -0.4 is 10.8 Å². The molecule has 3 aromatic carbocycles. The van der Waals surface area contributed by atoms with Gasteiger partial charge in [0, 0.05) is 25.8 Å². The molecule has 0 aliphatic carbocycles. The molecule has 4 rings (SSSR count). The average Bonchev–Trinajstić information content (AvgIpc) is 2.94. The van der Waals surface area contributed by atoms with Crippen LogP contribution in [-0.2, 0) is 4.84 Å². The number of anilines is 1. The van der Waals surface area contributed by atoms with E-state index in [1.54, 1.807) is 0 Å². The topological polar surface area (TPSA) is 75.1 Å². The monoisotopic (exact) mass is 554 g/mol. The van der Waals surface area contributed by atoms with Gasteiger partial charge in [-0.1, -0.05) is 68.3 Å². The van der Waals surface area contributed by atoms with E-state index in [0.29, 0.717) is 5.84 Å².